The van der Waals surface area contributed by atoms with Crippen molar-refractivity contribution in [1.82, 2.24) is 5.32 Å². The van der Waals surface area contributed by atoms with Gasteiger partial charge in [-0.2, -0.15) is 0 Å². The van der Waals surface area contributed by atoms with Crippen molar-refractivity contribution in [2.75, 3.05) is 33.0 Å². The summed E-state index contributed by atoms with van der Waals surface area (Å²) in [4.78, 5) is 63.4. The van der Waals surface area contributed by atoms with Crippen LogP contribution in [-0.4, -0.2) is 81.1 Å². The van der Waals surface area contributed by atoms with Crippen LogP contribution < -0.4 is 10.1 Å². The largest absolute Gasteiger partial charge is 0.490 e. The Hall–Kier alpha value is -3.67. The van der Waals surface area contributed by atoms with Gasteiger partial charge in [-0.1, -0.05) is 207 Å². The van der Waals surface area contributed by atoms with Gasteiger partial charge < -0.3 is 33.7 Å². The molecule has 0 saturated carbocycles. The number of carbonyl (C=O) groups excluding carboxylic acids is 5. The number of aryl methyl sites for hydroxylation is 1. The van der Waals surface area contributed by atoms with Gasteiger partial charge in [-0.05, 0) is 49.8 Å². The highest BCUT2D eigenvalue weighted by Gasteiger charge is 2.21. The number of hydrogen-bond acceptors (Lipinski definition) is 12. The van der Waals surface area contributed by atoms with Crippen molar-refractivity contribution in [1.29, 1.82) is 0 Å². The van der Waals surface area contributed by atoms with Crippen LogP contribution in [0.5, 0.6) is 5.75 Å². The van der Waals surface area contributed by atoms with Gasteiger partial charge in [0.15, 0.2) is 6.10 Å². The van der Waals surface area contributed by atoms with Crippen LogP contribution in [0.1, 0.15) is 258 Å². The molecule has 0 saturated heterocycles. The van der Waals surface area contributed by atoms with Gasteiger partial charge in [0.25, 0.3) is 0 Å². The first-order valence-corrected chi connectivity index (χ1v) is 28.9. The second-order valence-electron chi connectivity index (χ2n) is 20.0. The Bertz CT molecular complexity index is 1410. The van der Waals surface area contributed by atoms with E-state index in [9.17, 15) is 24.0 Å². The minimum Gasteiger partial charge on any atom is -0.490 e. The number of carbonyl (C=O) groups is 5. The molecule has 71 heavy (non-hydrogen) atoms. The summed E-state index contributed by atoms with van der Waals surface area (Å²) in [5.41, 5.74) is 1.25. The first-order valence-electron chi connectivity index (χ1n) is 28.9. The number of rotatable bonds is 50. The summed E-state index contributed by atoms with van der Waals surface area (Å²) in [5.74, 6) is -1.67. The van der Waals surface area contributed by atoms with Crippen LogP contribution in [0.3, 0.4) is 0 Å². The van der Waals surface area contributed by atoms with Crippen LogP contribution >= 0.6 is 0 Å². The molecule has 0 radical (unpaired) electrons. The van der Waals surface area contributed by atoms with Gasteiger partial charge in [-0.25, -0.2) is 0 Å². The highest BCUT2D eigenvalue weighted by Crippen LogP contribution is 2.17. The summed E-state index contributed by atoms with van der Waals surface area (Å²) in [5, 5.41) is 3.31. The molecule has 1 rings (SSSR count). The SMILES string of the molecule is CCCCCCCCCCCCCCCC(=O)OCC(COC(=O)CCCCCCCCCCCCCCC)OC(=O)CCC(=O)OCCCCC(=O)OC(CNC(C)C)COc1ccc(CCC)cc1. The Labute approximate surface area is 432 Å². The summed E-state index contributed by atoms with van der Waals surface area (Å²) in [7, 11) is 0. The average molecular weight is 1000 g/mol. The van der Waals surface area contributed by atoms with E-state index in [0.29, 0.717) is 19.4 Å². The minimum atomic E-state index is -0.992. The number of unbranched alkanes of at least 4 members (excludes halogenated alkanes) is 25. The number of ether oxygens (including phenoxy) is 6. The van der Waals surface area contributed by atoms with Crippen molar-refractivity contribution in [3.05, 3.63) is 29.8 Å². The molecular formula is C59H103NO11. The van der Waals surface area contributed by atoms with E-state index in [4.69, 9.17) is 28.4 Å². The molecule has 0 amide bonds. The van der Waals surface area contributed by atoms with Gasteiger partial charge in [0, 0.05) is 31.8 Å². The maximum Gasteiger partial charge on any atom is 0.306 e. The molecule has 410 valence electrons. The third-order valence-electron chi connectivity index (χ3n) is 12.6. The molecule has 1 unspecified atom stereocenters. The molecule has 1 aromatic carbocycles. The van der Waals surface area contributed by atoms with Gasteiger partial charge in [0.05, 0.1) is 19.4 Å². The fraction of sp³-hybridized carbons (Fsp3) is 0.814. The van der Waals surface area contributed by atoms with Crippen molar-refractivity contribution >= 4 is 29.8 Å². The molecule has 0 aliphatic rings. The van der Waals surface area contributed by atoms with Crippen molar-refractivity contribution in [2.24, 2.45) is 0 Å². The van der Waals surface area contributed by atoms with E-state index in [1.54, 1.807) is 0 Å². The van der Waals surface area contributed by atoms with E-state index < -0.39 is 24.1 Å². The Kier molecular flexibility index (Phi) is 43.6. The third kappa shape index (κ3) is 42.5. The molecule has 0 aliphatic carbocycles. The second-order valence-corrected chi connectivity index (χ2v) is 20.0. The lowest BCUT2D eigenvalue weighted by atomic mass is 10.0. The van der Waals surface area contributed by atoms with Crippen molar-refractivity contribution < 1.29 is 52.4 Å². The zero-order valence-electron chi connectivity index (χ0n) is 45.8. The Morgan fingerprint density at radius 1 is 0.408 bits per heavy atom. The summed E-state index contributed by atoms with van der Waals surface area (Å²) >= 11 is 0. The van der Waals surface area contributed by atoms with Crippen LogP contribution in [0.4, 0.5) is 0 Å². The van der Waals surface area contributed by atoms with Gasteiger partial charge in [-0.15, -0.1) is 0 Å². The lowest BCUT2D eigenvalue weighted by Crippen LogP contribution is -2.38. The predicted octanol–water partition coefficient (Wildman–Crippen LogP) is 14.4. The molecule has 0 heterocycles. The van der Waals surface area contributed by atoms with Crippen molar-refractivity contribution in [3.8, 4) is 5.75 Å². The maximum absolute atomic E-state index is 12.9. The number of nitrogens with one attached hydrogen (secondary N) is 1. The maximum atomic E-state index is 12.9. The first-order chi connectivity index (χ1) is 34.6. The van der Waals surface area contributed by atoms with Crippen molar-refractivity contribution in [3.63, 3.8) is 0 Å². The Balaban J connectivity index is 2.46. The van der Waals surface area contributed by atoms with E-state index in [2.05, 4.69) is 26.1 Å². The highest BCUT2D eigenvalue weighted by atomic mass is 16.6. The lowest BCUT2D eigenvalue weighted by molar-refractivity contribution is -0.167. The van der Waals surface area contributed by atoms with E-state index in [-0.39, 0.29) is 82.5 Å². The fourth-order valence-corrected chi connectivity index (χ4v) is 8.26. The van der Waals surface area contributed by atoms with E-state index >= 15 is 0 Å². The molecular weight excluding hydrogens is 899 g/mol. The van der Waals surface area contributed by atoms with Crippen LogP contribution in [0.25, 0.3) is 0 Å². The zero-order valence-corrected chi connectivity index (χ0v) is 45.8. The zero-order chi connectivity index (χ0) is 51.8. The van der Waals surface area contributed by atoms with E-state index in [1.165, 1.54) is 134 Å². The molecule has 0 bridgehead atoms. The van der Waals surface area contributed by atoms with Gasteiger partial charge >= 0.3 is 29.8 Å². The van der Waals surface area contributed by atoms with Crippen LogP contribution in [0.15, 0.2) is 24.3 Å². The molecule has 12 nitrogen and oxygen atoms in total. The van der Waals surface area contributed by atoms with E-state index in [0.717, 1.165) is 57.1 Å². The first kappa shape index (κ1) is 65.3. The van der Waals surface area contributed by atoms with Crippen LogP contribution in [0, 0.1) is 0 Å². The van der Waals surface area contributed by atoms with E-state index in [1.807, 2.05) is 38.1 Å². The molecule has 0 spiro atoms. The number of benzene rings is 1. The standard InChI is InChI=1S/C59H103NO11/c1-6-9-11-13-15-17-19-21-23-25-27-29-31-36-55(61)68-48-54(49-69-56(62)37-32-30-28-26-24-22-20-18-16-14-12-10-7-2)71-59(65)44-43-57(63)66-45-34-33-38-58(64)70-53(46-60-50(4)5)47-67-52-41-39-51(35-8-3)40-42-52/h39-42,50,53-54,60H,6-38,43-49H2,1-5H3. The lowest BCUT2D eigenvalue weighted by Gasteiger charge is -2.20. The molecule has 1 atom stereocenters. The van der Waals surface area contributed by atoms with Crippen LogP contribution in [0.2, 0.25) is 0 Å². The average Bonchev–Trinajstić information content (AvgIpc) is 3.35. The molecule has 12 heteroatoms. The van der Waals surface area contributed by atoms with Gasteiger partial charge in [0.1, 0.15) is 31.7 Å². The normalized spacial score (nSPS) is 11.7. The smallest absolute Gasteiger partial charge is 0.306 e. The summed E-state index contributed by atoms with van der Waals surface area (Å²) < 4.78 is 33.5. The predicted molar refractivity (Wildman–Crippen MR) is 285 cm³/mol. The van der Waals surface area contributed by atoms with Crippen molar-refractivity contribution in [2.45, 2.75) is 278 Å². The Morgan fingerprint density at radius 2 is 0.789 bits per heavy atom. The third-order valence-corrected chi connectivity index (χ3v) is 12.6. The number of hydrogen-bond donors (Lipinski definition) is 1. The fourth-order valence-electron chi connectivity index (χ4n) is 8.26. The summed E-state index contributed by atoms with van der Waals surface area (Å²) in [6, 6.07) is 8.17. The van der Waals surface area contributed by atoms with Gasteiger partial charge in [-0.3, -0.25) is 24.0 Å². The molecule has 0 fully saturated rings. The summed E-state index contributed by atoms with van der Waals surface area (Å²) in [6.45, 7) is 11.0. The molecule has 1 N–H and O–H groups in total. The highest BCUT2D eigenvalue weighted by molar-refractivity contribution is 5.78. The Morgan fingerprint density at radius 3 is 1.24 bits per heavy atom. The minimum absolute atomic E-state index is 0.0870. The quantitative estimate of drug-likeness (QED) is 0.0375. The van der Waals surface area contributed by atoms with Crippen LogP contribution in [-0.2, 0) is 54.1 Å². The second kappa shape index (κ2) is 47.3. The molecule has 0 aromatic heterocycles. The topological polar surface area (TPSA) is 153 Å². The molecule has 0 aliphatic heterocycles. The monoisotopic (exact) mass is 1000 g/mol. The summed E-state index contributed by atoms with van der Waals surface area (Å²) in [6.07, 6.45) is 33.2. The number of esters is 5. The molecule has 1 aromatic rings. The van der Waals surface area contributed by atoms with Gasteiger partial charge in [0.2, 0.25) is 0 Å².